The Labute approximate surface area is 282 Å². The number of nitrogens with two attached hydrogens (primary N) is 1. The quantitative estimate of drug-likeness (QED) is 0.239. The van der Waals surface area contributed by atoms with Crippen molar-refractivity contribution >= 4 is 28.6 Å². The van der Waals surface area contributed by atoms with Gasteiger partial charge in [-0.25, -0.2) is 29.0 Å². The van der Waals surface area contributed by atoms with Crippen LogP contribution in [0.1, 0.15) is 5.56 Å². The zero-order chi connectivity index (χ0) is 33.3. The fraction of sp³-hybridized carbons (Fsp3) is 0.324. The molecular weight excluding hydrogens is 625 g/mol. The van der Waals surface area contributed by atoms with Crippen molar-refractivity contribution < 1.29 is 9.13 Å². The highest BCUT2D eigenvalue weighted by Gasteiger charge is 2.25. The molecule has 1 atom stereocenters. The Kier molecular flexibility index (Phi) is 8.27. The fourth-order valence-electron chi connectivity index (χ4n) is 6.40. The first-order chi connectivity index (χ1) is 23.9. The van der Waals surface area contributed by atoms with Gasteiger partial charge in [-0.05, 0) is 29.3 Å². The minimum Gasteiger partial charge on any atom is -0.399 e. The summed E-state index contributed by atoms with van der Waals surface area (Å²) in [5, 5.41) is 12.8. The number of piperazine rings is 1. The number of ether oxygens (including phenoxy) is 1. The van der Waals surface area contributed by atoms with Crippen molar-refractivity contribution in [2.24, 2.45) is 7.05 Å². The number of rotatable bonds is 8. The molecule has 0 aliphatic carbocycles. The second kappa shape index (κ2) is 13.2. The van der Waals surface area contributed by atoms with Crippen LogP contribution in [0.5, 0.6) is 0 Å². The largest absolute Gasteiger partial charge is 0.399 e. The molecule has 4 aromatic heterocycles. The number of hydrogen-bond acceptors (Lipinski definition) is 12. The highest BCUT2D eigenvalue weighted by Crippen LogP contribution is 2.25. The maximum Gasteiger partial charge on any atom is 0.225 e. The van der Waals surface area contributed by atoms with Crippen LogP contribution in [0.2, 0.25) is 0 Å². The first-order valence-electron chi connectivity index (χ1n) is 16.3. The molecule has 6 heterocycles. The molecule has 0 spiro atoms. The number of aromatic nitrogens is 9. The van der Waals surface area contributed by atoms with Gasteiger partial charge in [0.1, 0.15) is 5.82 Å². The van der Waals surface area contributed by atoms with E-state index in [1.807, 2.05) is 25.6 Å². The Bertz CT molecular complexity index is 2060. The molecule has 49 heavy (non-hydrogen) atoms. The summed E-state index contributed by atoms with van der Waals surface area (Å²) in [7, 11) is 1.86. The summed E-state index contributed by atoms with van der Waals surface area (Å²) in [4.78, 5) is 25.2. The van der Waals surface area contributed by atoms with Gasteiger partial charge in [0.15, 0.2) is 5.65 Å². The first kappa shape index (κ1) is 30.8. The third-order valence-electron chi connectivity index (χ3n) is 9.04. The smallest absolute Gasteiger partial charge is 0.225 e. The number of aryl methyl sites for hydroxylation is 1. The summed E-state index contributed by atoms with van der Waals surface area (Å²) in [5.74, 6) is 0.399. The van der Waals surface area contributed by atoms with Crippen LogP contribution in [-0.2, 0) is 24.9 Å². The van der Waals surface area contributed by atoms with E-state index in [0.29, 0.717) is 60.6 Å². The molecular formula is C34H36FN13O. The van der Waals surface area contributed by atoms with E-state index >= 15 is 0 Å². The molecule has 250 valence electrons. The van der Waals surface area contributed by atoms with Gasteiger partial charge in [0.05, 0.1) is 43.0 Å². The monoisotopic (exact) mass is 661 g/mol. The van der Waals surface area contributed by atoms with Crippen molar-refractivity contribution in [2.45, 2.75) is 19.2 Å². The molecule has 2 fully saturated rings. The van der Waals surface area contributed by atoms with Gasteiger partial charge in [-0.3, -0.25) is 9.58 Å². The average molecular weight is 662 g/mol. The van der Waals surface area contributed by atoms with Crippen LogP contribution in [0.3, 0.4) is 0 Å². The molecule has 0 radical (unpaired) electrons. The Balaban J connectivity index is 0.855. The van der Waals surface area contributed by atoms with E-state index in [1.54, 1.807) is 33.9 Å². The van der Waals surface area contributed by atoms with E-state index in [2.05, 4.69) is 64.3 Å². The van der Waals surface area contributed by atoms with Gasteiger partial charge in [-0.1, -0.05) is 29.5 Å². The number of benzene rings is 2. The molecule has 2 aliphatic heterocycles. The predicted molar refractivity (Wildman–Crippen MR) is 183 cm³/mol. The van der Waals surface area contributed by atoms with Crippen LogP contribution in [0.4, 0.5) is 21.7 Å². The van der Waals surface area contributed by atoms with Gasteiger partial charge in [-0.2, -0.15) is 5.10 Å². The van der Waals surface area contributed by atoms with Gasteiger partial charge in [0, 0.05) is 88.3 Å². The summed E-state index contributed by atoms with van der Waals surface area (Å²) in [6.07, 6.45) is 8.95. The Morgan fingerprint density at radius 2 is 1.69 bits per heavy atom. The van der Waals surface area contributed by atoms with Crippen LogP contribution in [-0.4, -0.2) is 102 Å². The van der Waals surface area contributed by atoms with Gasteiger partial charge >= 0.3 is 0 Å². The molecule has 0 saturated carbocycles. The van der Waals surface area contributed by atoms with Crippen LogP contribution < -0.4 is 15.5 Å². The zero-order valence-electron chi connectivity index (χ0n) is 27.1. The Morgan fingerprint density at radius 1 is 0.878 bits per heavy atom. The normalized spacial score (nSPS) is 17.2. The standard InChI is InChI=1S/C34H36FN13O/c1-44-20-26(17-40-44)30-18-37-33-32(41-30)42-43-48(33)22-28-21-47(12-13-49-28)34-38-15-25(16-39-34)24-4-2-23(3-5-24)19-45-8-10-46(11-9-45)31-7-6-27(36)14-29(31)35/h2-7,14-18,20,28H,8-13,19,21-22,36H2,1H3/t28-/m0/s1. The fourth-order valence-corrected chi connectivity index (χ4v) is 6.40. The van der Waals surface area contributed by atoms with E-state index in [9.17, 15) is 4.39 Å². The second-order valence-electron chi connectivity index (χ2n) is 12.5. The number of anilines is 3. The summed E-state index contributed by atoms with van der Waals surface area (Å²) in [6, 6.07) is 13.4. The maximum atomic E-state index is 14.4. The van der Waals surface area contributed by atoms with Crippen molar-refractivity contribution in [3.8, 4) is 22.4 Å². The molecule has 0 unspecified atom stereocenters. The highest BCUT2D eigenvalue weighted by atomic mass is 19.1. The SMILES string of the molecule is Cn1cc(-c2cnc3c(nnn3C[C@@H]3CN(c4ncc(-c5ccc(CN6CCN(c7ccc(N)cc7F)CC6)cc5)cn4)CCO3)n2)cn1. The van der Waals surface area contributed by atoms with E-state index in [-0.39, 0.29) is 11.9 Å². The van der Waals surface area contributed by atoms with E-state index in [4.69, 9.17) is 20.4 Å². The molecule has 2 aliphatic rings. The lowest BCUT2D eigenvalue weighted by atomic mass is 10.1. The lowest BCUT2D eigenvalue weighted by molar-refractivity contribution is 0.0273. The minimum absolute atomic E-state index is 0.142. The zero-order valence-corrected chi connectivity index (χ0v) is 27.1. The number of morpholine rings is 1. The van der Waals surface area contributed by atoms with Gasteiger partial charge in [-0.15, -0.1) is 5.10 Å². The first-order valence-corrected chi connectivity index (χ1v) is 16.3. The van der Waals surface area contributed by atoms with E-state index < -0.39 is 0 Å². The summed E-state index contributed by atoms with van der Waals surface area (Å²) < 4.78 is 23.9. The minimum atomic E-state index is -0.264. The number of fused-ring (bicyclic) bond motifs is 1. The number of nitrogen functional groups attached to an aromatic ring is 1. The molecule has 2 aromatic carbocycles. The van der Waals surface area contributed by atoms with Crippen molar-refractivity contribution in [3.63, 3.8) is 0 Å². The molecule has 2 N–H and O–H groups in total. The second-order valence-corrected chi connectivity index (χ2v) is 12.5. The van der Waals surface area contributed by atoms with Crippen molar-refractivity contribution in [2.75, 3.05) is 61.4 Å². The maximum absolute atomic E-state index is 14.4. The molecule has 0 bridgehead atoms. The lowest BCUT2D eigenvalue weighted by Gasteiger charge is -2.36. The van der Waals surface area contributed by atoms with Crippen molar-refractivity contribution in [1.29, 1.82) is 0 Å². The predicted octanol–water partition coefficient (Wildman–Crippen LogP) is 3.03. The topological polar surface area (TPSA) is 145 Å². The van der Waals surface area contributed by atoms with Crippen LogP contribution >= 0.6 is 0 Å². The van der Waals surface area contributed by atoms with Crippen molar-refractivity contribution in [3.05, 3.63) is 84.8 Å². The molecule has 15 heteroatoms. The molecule has 2 saturated heterocycles. The van der Waals surface area contributed by atoms with Crippen LogP contribution in [0, 0.1) is 5.82 Å². The Morgan fingerprint density at radius 3 is 2.45 bits per heavy atom. The number of hydrogen-bond donors (Lipinski definition) is 1. The third kappa shape index (κ3) is 6.62. The summed E-state index contributed by atoms with van der Waals surface area (Å²) in [6.45, 7) is 6.44. The van der Waals surface area contributed by atoms with Gasteiger partial charge in [0.2, 0.25) is 11.6 Å². The summed E-state index contributed by atoms with van der Waals surface area (Å²) >= 11 is 0. The van der Waals surface area contributed by atoms with Crippen LogP contribution in [0.25, 0.3) is 33.7 Å². The van der Waals surface area contributed by atoms with Gasteiger partial charge < -0.3 is 20.3 Å². The molecule has 14 nitrogen and oxygen atoms in total. The lowest BCUT2D eigenvalue weighted by Crippen LogP contribution is -2.46. The van der Waals surface area contributed by atoms with Crippen molar-refractivity contribution in [1.82, 2.24) is 49.6 Å². The molecule has 0 amide bonds. The van der Waals surface area contributed by atoms with Crippen LogP contribution in [0.15, 0.2) is 73.4 Å². The molecule has 6 aromatic rings. The Hall–Kier alpha value is -5.54. The summed E-state index contributed by atoms with van der Waals surface area (Å²) in [5.41, 5.74) is 12.7. The average Bonchev–Trinajstić information content (AvgIpc) is 3.75. The third-order valence-corrected chi connectivity index (χ3v) is 9.04. The number of nitrogens with zero attached hydrogens (tertiary/aromatic N) is 12. The van der Waals surface area contributed by atoms with Gasteiger partial charge in [0.25, 0.3) is 0 Å². The van der Waals surface area contributed by atoms with E-state index in [0.717, 1.165) is 49.4 Å². The number of halogens is 1. The highest BCUT2D eigenvalue weighted by molar-refractivity contribution is 5.69. The molecule has 8 rings (SSSR count). The van der Waals surface area contributed by atoms with E-state index in [1.165, 1.54) is 11.6 Å².